The summed E-state index contributed by atoms with van der Waals surface area (Å²) in [5.41, 5.74) is 0. The minimum atomic E-state index is -0.668. The number of nitrogens with zero attached hydrogens (tertiary/aromatic N) is 1. The maximum atomic E-state index is 11.8. The zero-order valence-electron chi connectivity index (χ0n) is 3.89. The van der Waals surface area contributed by atoms with E-state index >= 15 is 0 Å². The van der Waals surface area contributed by atoms with Gasteiger partial charge in [0.25, 0.3) is 0 Å². The Labute approximate surface area is 42.0 Å². The maximum absolute atomic E-state index is 11.8. The molecular weight excluding hydrogens is 93.1 g/mol. The molecule has 0 unspecified atom stereocenters. The lowest BCUT2D eigenvalue weighted by Crippen LogP contribution is -2.26. The predicted molar refractivity (Wildman–Crippen MR) is 24.5 cm³/mol. The fourth-order valence-electron chi connectivity index (χ4n) is 0.627. The van der Waals surface area contributed by atoms with Gasteiger partial charge >= 0.3 is 0 Å². The zero-order valence-corrected chi connectivity index (χ0v) is 3.89. The van der Waals surface area contributed by atoms with Crippen molar-refractivity contribution >= 4 is 0 Å². The summed E-state index contributed by atoms with van der Waals surface area (Å²) >= 11 is 0. The molecule has 1 rings (SSSR count). The SMILES string of the molecule is [C-]#[N+]C1CC(F)C1. The average molecular weight is 99.1 g/mol. The Morgan fingerprint density at radius 1 is 1.57 bits per heavy atom. The summed E-state index contributed by atoms with van der Waals surface area (Å²) in [5.74, 6) is 0. The van der Waals surface area contributed by atoms with Crippen LogP contribution in [0.25, 0.3) is 4.85 Å². The topological polar surface area (TPSA) is 4.36 Å². The average Bonchev–Trinajstić information content (AvgIpc) is 1.58. The molecule has 0 saturated heterocycles. The fraction of sp³-hybridized carbons (Fsp3) is 0.800. The van der Waals surface area contributed by atoms with E-state index in [1.807, 2.05) is 0 Å². The van der Waals surface area contributed by atoms with E-state index in [0.29, 0.717) is 12.8 Å². The second-order valence-electron chi connectivity index (χ2n) is 1.85. The third-order valence-corrected chi connectivity index (χ3v) is 1.24. The van der Waals surface area contributed by atoms with Crippen molar-refractivity contribution in [3.8, 4) is 0 Å². The van der Waals surface area contributed by atoms with Crippen molar-refractivity contribution in [2.45, 2.75) is 25.1 Å². The molecule has 38 valence electrons. The van der Waals surface area contributed by atoms with Crippen LogP contribution < -0.4 is 0 Å². The van der Waals surface area contributed by atoms with Crippen LogP contribution in [-0.4, -0.2) is 12.2 Å². The Bertz CT molecular complexity index is 99.1. The number of alkyl halides is 1. The number of rotatable bonds is 0. The van der Waals surface area contributed by atoms with Crippen LogP contribution in [0.3, 0.4) is 0 Å². The van der Waals surface area contributed by atoms with E-state index in [1.165, 1.54) is 0 Å². The number of hydrogen-bond acceptors (Lipinski definition) is 0. The van der Waals surface area contributed by atoms with Crippen molar-refractivity contribution in [2.75, 3.05) is 0 Å². The lowest BCUT2D eigenvalue weighted by molar-refractivity contribution is 0.200. The van der Waals surface area contributed by atoms with Gasteiger partial charge in [-0.2, -0.15) is 0 Å². The molecule has 1 aliphatic rings. The van der Waals surface area contributed by atoms with Gasteiger partial charge in [0.2, 0.25) is 6.04 Å². The van der Waals surface area contributed by atoms with E-state index in [0.717, 1.165) is 0 Å². The highest BCUT2D eigenvalue weighted by molar-refractivity contribution is 4.92. The van der Waals surface area contributed by atoms with Crippen molar-refractivity contribution < 1.29 is 4.39 Å². The quantitative estimate of drug-likeness (QED) is 0.404. The van der Waals surface area contributed by atoms with Crippen molar-refractivity contribution in [3.05, 3.63) is 11.4 Å². The molecule has 0 bridgehead atoms. The molecule has 0 atom stereocenters. The Hall–Kier alpha value is -0.580. The van der Waals surface area contributed by atoms with E-state index in [9.17, 15) is 4.39 Å². The van der Waals surface area contributed by atoms with Gasteiger partial charge < -0.3 is 4.85 Å². The molecule has 0 aliphatic heterocycles. The van der Waals surface area contributed by atoms with Crippen LogP contribution in [0.15, 0.2) is 0 Å². The highest BCUT2D eigenvalue weighted by Crippen LogP contribution is 2.25. The van der Waals surface area contributed by atoms with Gasteiger partial charge in [-0.15, -0.1) is 0 Å². The lowest BCUT2D eigenvalue weighted by atomic mass is 9.92. The van der Waals surface area contributed by atoms with Crippen LogP contribution in [0.2, 0.25) is 0 Å². The maximum Gasteiger partial charge on any atom is 0.229 e. The smallest absolute Gasteiger partial charge is 0.229 e. The van der Waals surface area contributed by atoms with Gasteiger partial charge in [0, 0.05) is 0 Å². The van der Waals surface area contributed by atoms with Gasteiger partial charge in [0.05, 0.1) is 12.8 Å². The molecule has 0 aromatic heterocycles. The first-order valence-corrected chi connectivity index (χ1v) is 2.33. The molecule has 1 nitrogen and oxygen atoms in total. The normalized spacial score (nSPS) is 38.9. The Morgan fingerprint density at radius 2 is 2.14 bits per heavy atom. The van der Waals surface area contributed by atoms with Crippen LogP contribution >= 0.6 is 0 Å². The van der Waals surface area contributed by atoms with Crippen molar-refractivity contribution in [1.82, 2.24) is 0 Å². The summed E-state index contributed by atoms with van der Waals surface area (Å²) in [4.78, 5) is 3.15. The van der Waals surface area contributed by atoms with Crippen LogP contribution in [0.4, 0.5) is 4.39 Å². The third kappa shape index (κ3) is 0.714. The standard InChI is InChI=1S/C5H6FN/c1-7-5-2-4(6)3-5/h4-5H,2-3H2. The molecule has 7 heavy (non-hydrogen) atoms. The van der Waals surface area contributed by atoms with Gasteiger partial charge in [-0.3, -0.25) is 0 Å². The third-order valence-electron chi connectivity index (χ3n) is 1.24. The van der Waals surface area contributed by atoms with Crippen LogP contribution in [0.1, 0.15) is 12.8 Å². The van der Waals surface area contributed by atoms with E-state index in [1.54, 1.807) is 0 Å². The molecule has 0 N–H and O–H groups in total. The molecule has 0 amide bonds. The molecule has 0 radical (unpaired) electrons. The summed E-state index contributed by atoms with van der Waals surface area (Å²) in [6.07, 6.45) is 0.284. The van der Waals surface area contributed by atoms with Crippen LogP contribution in [0.5, 0.6) is 0 Å². The Balaban J connectivity index is 2.21. The summed E-state index contributed by atoms with van der Waals surface area (Å²) in [6.45, 7) is 6.41. The minimum absolute atomic E-state index is 0.00926. The zero-order chi connectivity index (χ0) is 5.28. The second-order valence-corrected chi connectivity index (χ2v) is 1.85. The first kappa shape index (κ1) is 4.58. The van der Waals surface area contributed by atoms with Crippen LogP contribution in [0, 0.1) is 6.57 Å². The fourth-order valence-corrected chi connectivity index (χ4v) is 0.627. The molecule has 0 spiro atoms. The summed E-state index contributed by atoms with van der Waals surface area (Å²) < 4.78 is 11.8. The molecule has 1 saturated carbocycles. The highest BCUT2D eigenvalue weighted by atomic mass is 19.1. The highest BCUT2D eigenvalue weighted by Gasteiger charge is 2.33. The van der Waals surface area contributed by atoms with E-state index in [4.69, 9.17) is 6.57 Å². The van der Waals surface area contributed by atoms with Crippen molar-refractivity contribution in [1.29, 1.82) is 0 Å². The summed E-state index contributed by atoms with van der Waals surface area (Å²) in [5, 5.41) is 0. The lowest BCUT2D eigenvalue weighted by Gasteiger charge is -2.17. The Morgan fingerprint density at radius 3 is 2.29 bits per heavy atom. The Kier molecular flexibility index (Phi) is 0.976. The summed E-state index contributed by atoms with van der Waals surface area (Å²) in [7, 11) is 0. The largest absolute Gasteiger partial charge is 0.313 e. The molecular formula is C5H6FN. The van der Waals surface area contributed by atoms with Gasteiger partial charge in [-0.05, 0) is 0 Å². The van der Waals surface area contributed by atoms with Gasteiger partial charge in [-0.1, -0.05) is 0 Å². The molecule has 0 heterocycles. The van der Waals surface area contributed by atoms with E-state index < -0.39 is 6.17 Å². The van der Waals surface area contributed by atoms with Gasteiger partial charge in [0.1, 0.15) is 6.17 Å². The van der Waals surface area contributed by atoms with E-state index in [2.05, 4.69) is 4.85 Å². The van der Waals surface area contributed by atoms with Gasteiger partial charge in [0.15, 0.2) is 0 Å². The van der Waals surface area contributed by atoms with Crippen LogP contribution in [-0.2, 0) is 0 Å². The monoisotopic (exact) mass is 99.0 g/mol. The number of hydrogen-bond donors (Lipinski definition) is 0. The van der Waals surface area contributed by atoms with Crippen molar-refractivity contribution in [2.24, 2.45) is 0 Å². The second kappa shape index (κ2) is 1.49. The first-order chi connectivity index (χ1) is 3.33. The predicted octanol–water partition coefficient (Wildman–Crippen LogP) is 1.41. The number of halogens is 1. The first-order valence-electron chi connectivity index (χ1n) is 2.33. The molecule has 0 aromatic rings. The molecule has 1 fully saturated rings. The molecule has 2 heteroatoms. The van der Waals surface area contributed by atoms with Gasteiger partial charge in [-0.25, -0.2) is 11.0 Å². The summed E-state index contributed by atoms with van der Waals surface area (Å²) in [6, 6.07) is 0.00926. The van der Waals surface area contributed by atoms with E-state index in [-0.39, 0.29) is 6.04 Å². The minimum Gasteiger partial charge on any atom is -0.313 e. The molecule has 1 aliphatic carbocycles. The van der Waals surface area contributed by atoms with Crippen molar-refractivity contribution in [3.63, 3.8) is 0 Å². The molecule has 0 aromatic carbocycles.